The van der Waals surface area contributed by atoms with Gasteiger partial charge in [0.25, 0.3) is 0 Å². The van der Waals surface area contributed by atoms with Gasteiger partial charge in [-0.25, -0.2) is 0 Å². The highest BCUT2D eigenvalue weighted by atomic mass is 35.5. The van der Waals surface area contributed by atoms with Crippen molar-refractivity contribution in [2.24, 2.45) is 5.92 Å². The van der Waals surface area contributed by atoms with Gasteiger partial charge in [0, 0.05) is 40.7 Å². The van der Waals surface area contributed by atoms with Crippen molar-refractivity contribution in [1.82, 2.24) is 4.98 Å². The summed E-state index contributed by atoms with van der Waals surface area (Å²) in [7, 11) is 1.68. The Balaban J connectivity index is 0.000000559. The zero-order chi connectivity index (χ0) is 29.1. The fourth-order valence-corrected chi connectivity index (χ4v) is 3.49. The topological polar surface area (TPSA) is 69.8 Å². The molecule has 0 aliphatic rings. The maximum Gasteiger partial charge on any atom is 0.122 e. The summed E-state index contributed by atoms with van der Waals surface area (Å²) in [6, 6.07) is 7.65. The maximum absolute atomic E-state index is 7.59. The Bertz CT molecular complexity index is 1150. The number of nitrogens with one attached hydrogen (secondary N) is 2. The van der Waals surface area contributed by atoms with Crippen LogP contribution >= 0.6 is 11.6 Å². The van der Waals surface area contributed by atoms with E-state index in [0.717, 1.165) is 58.0 Å². The van der Waals surface area contributed by atoms with E-state index in [1.807, 2.05) is 51.1 Å². The zero-order valence-electron chi connectivity index (χ0n) is 24.8. The Kier molecular flexibility index (Phi) is 18.2. The molecule has 38 heavy (non-hydrogen) atoms. The number of benzene rings is 1. The van der Waals surface area contributed by atoms with Crippen LogP contribution in [0.3, 0.4) is 0 Å². The average Bonchev–Trinajstić information content (AvgIpc) is 2.87. The summed E-state index contributed by atoms with van der Waals surface area (Å²) in [5.74, 6) is 7.56. The van der Waals surface area contributed by atoms with Gasteiger partial charge in [-0.05, 0) is 81.5 Å². The normalized spacial score (nSPS) is 10.6. The van der Waals surface area contributed by atoms with E-state index in [9.17, 15) is 0 Å². The molecule has 0 fully saturated rings. The van der Waals surface area contributed by atoms with Crippen LogP contribution in [-0.4, -0.2) is 24.0 Å². The highest BCUT2D eigenvalue weighted by Crippen LogP contribution is 2.23. The molecular formula is C33H46ClN3O. The highest BCUT2D eigenvalue weighted by molar-refractivity contribution is 6.30. The van der Waals surface area contributed by atoms with Crippen molar-refractivity contribution in [3.8, 4) is 17.6 Å². The van der Waals surface area contributed by atoms with E-state index in [1.165, 1.54) is 18.2 Å². The number of aromatic nitrogens is 1. The molecule has 1 atom stereocenters. The highest BCUT2D eigenvalue weighted by Gasteiger charge is 2.07. The predicted molar refractivity (Wildman–Crippen MR) is 167 cm³/mol. The number of hydrogen-bond acceptors (Lipinski definition) is 4. The van der Waals surface area contributed by atoms with Gasteiger partial charge in [0.2, 0.25) is 0 Å². The van der Waals surface area contributed by atoms with Gasteiger partial charge in [-0.15, -0.1) is 0 Å². The zero-order valence-corrected chi connectivity index (χ0v) is 25.5. The van der Waals surface area contributed by atoms with Crippen LogP contribution in [0.5, 0.6) is 5.75 Å². The van der Waals surface area contributed by atoms with Crippen LogP contribution in [0, 0.1) is 35.5 Å². The van der Waals surface area contributed by atoms with Crippen LogP contribution in [0.4, 0.5) is 0 Å². The second-order valence-electron chi connectivity index (χ2n) is 9.19. The lowest BCUT2D eigenvalue weighted by Crippen LogP contribution is -2.01. The maximum atomic E-state index is 7.59. The Morgan fingerprint density at radius 3 is 2.32 bits per heavy atom. The van der Waals surface area contributed by atoms with Crippen molar-refractivity contribution in [3.63, 3.8) is 0 Å². The minimum atomic E-state index is 0.519. The molecule has 0 saturated carbocycles. The molecule has 2 rings (SSSR count). The lowest BCUT2D eigenvalue weighted by atomic mass is 10.0. The summed E-state index contributed by atoms with van der Waals surface area (Å²) < 4.78 is 5.19. The molecular weight excluding hydrogens is 490 g/mol. The first-order valence-electron chi connectivity index (χ1n) is 13.2. The molecule has 4 nitrogen and oxygen atoms in total. The lowest BCUT2D eigenvalue weighted by molar-refractivity contribution is 0.409. The number of methoxy groups -OCH3 is 1. The minimum Gasteiger partial charge on any atom is -0.496 e. The van der Waals surface area contributed by atoms with E-state index in [0.29, 0.717) is 11.6 Å². The minimum absolute atomic E-state index is 0.519. The van der Waals surface area contributed by atoms with Gasteiger partial charge >= 0.3 is 0 Å². The van der Waals surface area contributed by atoms with Crippen molar-refractivity contribution in [2.45, 2.75) is 81.1 Å². The molecule has 0 aliphatic carbocycles. The van der Waals surface area contributed by atoms with Crippen molar-refractivity contribution >= 4 is 29.1 Å². The molecule has 2 aromatic rings. The Morgan fingerprint density at radius 2 is 1.84 bits per heavy atom. The number of allylic oxidation sites excluding steroid dienone is 4. The summed E-state index contributed by atoms with van der Waals surface area (Å²) >= 11 is 5.85. The number of pyridine rings is 1. The van der Waals surface area contributed by atoms with E-state index >= 15 is 0 Å². The Labute approximate surface area is 236 Å². The average molecular weight is 536 g/mol. The van der Waals surface area contributed by atoms with E-state index in [2.05, 4.69) is 50.6 Å². The SMILES string of the molecule is CC(=N)c1cnc(C(C=N)=C(C)C)cc1C.CCC#C/C=C\C(C)CC.CCCc1cc(Cl)ccc1OC. The molecule has 0 radical (unpaired) electrons. The van der Waals surface area contributed by atoms with Gasteiger partial charge in [0.1, 0.15) is 5.75 Å². The fraction of sp³-hybridized carbons (Fsp3) is 0.424. The first-order chi connectivity index (χ1) is 18.1. The summed E-state index contributed by atoms with van der Waals surface area (Å²) in [4.78, 5) is 4.30. The van der Waals surface area contributed by atoms with Crippen molar-refractivity contribution in [3.05, 3.63) is 75.6 Å². The van der Waals surface area contributed by atoms with E-state index in [-0.39, 0.29) is 0 Å². The second-order valence-corrected chi connectivity index (χ2v) is 9.63. The second kappa shape index (κ2) is 19.9. The van der Waals surface area contributed by atoms with Crippen LogP contribution in [0.25, 0.3) is 5.57 Å². The third kappa shape index (κ3) is 13.4. The molecule has 0 aliphatic heterocycles. The van der Waals surface area contributed by atoms with E-state index < -0.39 is 0 Å². The molecule has 1 aromatic carbocycles. The lowest BCUT2D eigenvalue weighted by Gasteiger charge is -2.08. The molecule has 1 aromatic heterocycles. The third-order valence-corrected chi connectivity index (χ3v) is 5.90. The van der Waals surface area contributed by atoms with E-state index in [4.69, 9.17) is 27.2 Å². The molecule has 2 N–H and O–H groups in total. The van der Waals surface area contributed by atoms with Gasteiger partial charge in [0.15, 0.2) is 0 Å². The monoisotopic (exact) mass is 535 g/mol. The first-order valence-corrected chi connectivity index (χ1v) is 13.6. The van der Waals surface area contributed by atoms with Gasteiger partial charge in [-0.2, -0.15) is 0 Å². The Hall–Kier alpha value is -3.16. The van der Waals surface area contributed by atoms with Crippen LogP contribution in [0.2, 0.25) is 5.02 Å². The van der Waals surface area contributed by atoms with Crippen LogP contribution < -0.4 is 4.74 Å². The number of hydrogen-bond donors (Lipinski definition) is 2. The molecule has 206 valence electrons. The molecule has 1 unspecified atom stereocenters. The van der Waals surface area contributed by atoms with Crippen molar-refractivity contribution in [1.29, 1.82) is 10.8 Å². The molecule has 0 spiro atoms. The predicted octanol–water partition coefficient (Wildman–Crippen LogP) is 9.52. The number of nitrogens with zero attached hydrogens (tertiary/aromatic N) is 1. The quantitative estimate of drug-likeness (QED) is 0.261. The van der Waals surface area contributed by atoms with Gasteiger partial charge in [-0.3, -0.25) is 4.98 Å². The molecule has 5 heteroatoms. The van der Waals surface area contributed by atoms with Crippen molar-refractivity contribution in [2.75, 3.05) is 7.11 Å². The largest absolute Gasteiger partial charge is 0.496 e. The standard InChI is InChI=1S/C13H17N3.C10H13ClO.C10H16/c1-8(2)11(6-14)13-5-9(3)12(7-16-13)10(4)15;1-3-4-8-7-9(11)5-6-10(8)12-2;1-4-6-7-8-9-10(3)5-2/h5-7,14-15H,1-4H3;5-7H,3-4H2,1-2H3;8-10H,4-5H2,1-3H3/b;;9-8-. The smallest absolute Gasteiger partial charge is 0.122 e. The third-order valence-electron chi connectivity index (χ3n) is 5.67. The summed E-state index contributed by atoms with van der Waals surface area (Å²) in [6.07, 6.45) is 11.4. The number of rotatable bonds is 8. The number of aryl methyl sites for hydroxylation is 2. The van der Waals surface area contributed by atoms with Gasteiger partial charge in [-0.1, -0.05) is 75.6 Å². The van der Waals surface area contributed by atoms with Gasteiger partial charge < -0.3 is 15.6 Å². The van der Waals surface area contributed by atoms with Gasteiger partial charge in [0.05, 0.1) is 12.8 Å². The molecule has 0 saturated heterocycles. The summed E-state index contributed by atoms with van der Waals surface area (Å²) in [5, 5.41) is 15.7. The van der Waals surface area contributed by atoms with E-state index in [1.54, 1.807) is 20.2 Å². The molecule has 0 bridgehead atoms. The van der Waals surface area contributed by atoms with Crippen molar-refractivity contribution < 1.29 is 4.74 Å². The summed E-state index contributed by atoms with van der Waals surface area (Å²) in [5.41, 5.74) is 6.31. The van der Waals surface area contributed by atoms with Crippen LogP contribution in [-0.2, 0) is 6.42 Å². The molecule has 1 heterocycles. The van der Waals surface area contributed by atoms with Crippen LogP contribution in [0.1, 0.15) is 90.1 Å². The molecule has 0 amide bonds. The summed E-state index contributed by atoms with van der Waals surface area (Å²) in [6.45, 7) is 16.2. The fourth-order valence-electron chi connectivity index (χ4n) is 3.29. The van der Waals surface area contributed by atoms with Crippen LogP contribution in [0.15, 0.2) is 48.2 Å². The first kappa shape index (κ1) is 34.8. The Morgan fingerprint density at radius 1 is 1.16 bits per heavy atom. The number of ether oxygens (including phenoxy) is 1. The number of halogens is 1.